The van der Waals surface area contributed by atoms with E-state index in [1.807, 2.05) is 0 Å². The standard InChI is InChI=1S/C39H62O5/c1-3-5-7-9-11-13-15-17-19-21-23-25-27-29-31-33-38(41)43-36-37(35-40)44-39(42)34-32-30-28-26-24-22-20-18-16-14-12-10-8-6-4-2/h5-8,11-14,17-20,24,26,37,40H,3-4,9-10,15-16,21-23,25,27-36H2,1-2H3. The van der Waals surface area contributed by atoms with E-state index in [-0.39, 0.29) is 25.2 Å². The number of hydrogen-bond donors (Lipinski definition) is 1. The van der Waals surface area contributed by atoms with Crippen molar-refractivity contribution >= 4 is 11.9 Å². The van der Waals surface area contributed by atoms with Crippen LogP contribution in [0, 0.1) is 0 Å². The number of allylic oxidation sites excluding steroid dienone is 14. The molecule has 1 unspecified atom stereocenters. The van der Waals surface area contributed by atoms with Gasteiger partial charge in [0.05, 0.1) is 6.61 Å². The molecule has 0 rings (SSSR count). The van der Waals surface area contributed by atoms with Crippen LogP contribution in [0.25, 0.3) is 0 Å². The lowest BCUT2D eigenvalue weighted by Gasteiger charge is -2.15. The Kier molecular flexibility index (Phi) is 32.3. The second-order valence-corrected chi connectivity index (χ2v) is 10.8. The minimum atomic E-state index is -0.803. The molecule has 0 aliphatic heterocycles. The molecule has 0 aromatic heterocycles. The summed E-state index contributed by atoms with van der Waals surface area (Å²) in [6.45, 7) is 3.83. The van der Waals surface area contributed by atoms with Crippen molar-refractivity contribution in [2.45, 2.75) is 136 Å². The molecule has 0 aliphatic carbocycles. The molecule has 5 nitrogen and oxygen atoms in total. The van der Waals surface area contributed by atoms with Crippen LogP contribution < -0.4 is 0 Å². The SMILES string of the molecule is CCC=CCC=CCC=CCC=CCCCCC(=O)OC(CO)COC(=O)CCCCCCCC=CCC=CCC=CCC. The molecule has 0 aromatic rings. The summed E-state index contributed by atoms with van der Waals surface area (Å²) in [7, 11) is 0. The molecule has 0 aliphatic rings. The van der Waals surface area contributed by atoms with E-state index in [4.69, 9.17) is 9.47 Å². The topological polar surface area (TPSA) is 72.8 Å². The van der Waals surface area contributed by atoms with E-state index in [1.165, 1.54) is 0 Å². The summed E-state index contributed by atoms with van der Waals surface area (Å²) in [4.78, 5) is 24.1. The van der Waals surface area contributed by atoms with Crippen LogP contribution in [0.4, 0.5) is 0 Å². The fourth-order valence-corrected chi connectivity index (χ4v) is 4.14. The zero-order valence-corrected chi connectivity index (χ0v) is 27.9. The molecule has 0 saturated carbocycles. The molecule has 0 bridgehead atoms. The molecule has 0 radical (unpaired) electrons. The van der Waals surface area contributed by atoms with Gasteiger partial charge in [0.1, 0.15) is 6.61 Å². The van der Waals surface area contributed by atoms with Crippen LogP contribution in [-0.2, 0) is 19.1 Å². The largest absolute Gasteiger partial charge is 0.462 e. The Morgan fingerprint density at radius 2 is 0.909 bits per heavy atom. The van der Waals surface area contributed by atoms with Gasteiger partial charge in [-0.2, -0.15) is 0 Å². The lowest BCUT2D eigenvalue weighted by molar-refractivity contribution is -0.161. The predicted molar refractivity (Wildman–Crippen MR) is 186 cm³/mol. The van der Waals surface area contributed by atoms with Gasteiger partial charge < -0.3 is 14.6 Å². The molecule has 0 heterocycles. The average molecular weight is 611 g/mol. The fourth-order valence-electron chi connectivity index (χ4n) is 4.14. The van der Waals surface area contributed by atoms with Gasteiger partial charge in [0, 0.05) is 12.8 Å². The number of carbonyl (C=O) groups excluding carboxylic acids is 2. The first-order valence-electron chi connectivity index (χ1n) is 17.1. The Balaban J connectivity index is 3.73. The summed E-state index contributed by atoms with van der Waals surface area (Å²) in [6, 6.07) is 0. The number of esters is 2. The van der Waals surface area contributed by atoms with Crippen LogP contribution in [-0.4, -0.2) is 36.4 Å². The lowest BCUT2D eigenvalue weighted by atomic mass is 10.1. The minimum absolute atomic E-state index is 0.0972. The van der Waals surface area contributed by atoms with Crippen molar-refractivity contribution in [3.8, 4) is 0 Å². The average Bonchev–Trinajstić information content (AvgIpc) is 3.02. The normalized spacial score (nSPS) is 13.2. The third-order valence-electron chi connectivity index (χ3n) is 6.68. The van der Waals surface area contributed by atoms with E-state index >= 15 is 0 Å². The maximum atomic E-state index is 12.1. The Labute approximate surface area is 269 Å². The molecule has 248 valence electrons. The van der Waals surface area contributed by atoms with Gasteiger partial charge in [-0.25, -0.2) is 0 Å². The van der Waals surface area contributed by atoms with Gasteiger partial charge in [0.2, 0.25) is 0 Å². The molecule has 0 saturated heterocycles. The maximum Gasteiger partial charge on any atom is 0.306 e. The monoisotopic (exact) mass is 610 g/mol. The van der Waals surface area contributed by atoms with Gasteiger partial charge in [-0.15, -0.1) is 0 Å². The van der Waals surface area contributed by atoms with E-state index in [1.54, 1.807) is 0 Å². The van der Waals surface area contributed by atoms with Gasteiger partial charge in [-0.05, 0) is 83.5 Å². The highest BCUT2D eigenvalue weighted by molar-refractivity contribution is 5.70. The van der Waals surface area contributed by atoms with Crippen molar-refractivity contribution in [2.75, 3.05) is 13.2 Å². The van der Waals surface area contributed by atoms with Crippen molar-refractivity contribution in [1.82, 2.24) is 0 Å². The quantitative estimate of drug-likeness (QED) is 0.0518. The van der Waals surface area contributed by atoms with E-state index in [0.717, 1.165) is 103 Å². The lowest BCUT2D eigenvalue weighted by Crippen LogP contribution is -2.28. The van der Waals surface area contributed by atoms with Gasteiger partial charge >= 0.3 is 11.9 Å². The third-order valence-corrected chi connectivity index (χ3v) is 6.68. The Hall–Kier alpha value is -2.92. The Morgan fingerprint density at radius 1 is 0.523 bits per heavy atom. The van der Waals surface area contributed by atoms with Crippen LogP contribution in [0.1, 0.15) is 129 Å². The van der Waals surface area contributed by atoms with E-state index in [2.05, 4.69) is 98.9 Å². The van der Waals surface area contributed by atoms with Crippen molar-refractivity contribution in [2.24, 2.45) is 0 Å². The summed E-state index contributed by atoms with van der Waals surface area (Å²) < 4.78 is 10.5. The number of ether oxygens (including phenoxy) is 2. The summed E-state index contributed by atoms with van der Waals surface area (Å²) in [6.07, 6.45) is 46.4. The van der Waals surface area contributed by atoms with Crippen LogP contribution in [0.5, 0.6) is 0 Å². The second-order valence-electron chi connectivity index (χ2n) is 10.8. The molecule has 0 amide bonds. The van der Waals surface area contributed by atoms with Crippen LogP contribution in [0.15, 0.2) is 85.1 Å². The zero-order chi connectivity index (χ0) is 32.2. The van der Waals surface area contributed by atoms with E-state index in [9.17, 15) is 14.7 Å². The first kappa shape index (κ1) is 41.1. The molecule has 0 fully saturated rings. The van der Waals surface area contributed by atoms with Crippen molar-refractivity contribution in [3.05, 3.63) is 85.1 Å². The maximum absolute atomic E-state index is 12.1. The summed E-state index contributed by atoms with van der Waals surface area (Å²) >= 11 is 0. The first-order valence-corrected chi connectivity index (χ1v) is 17.1. The fraction of sp³-hybridized carbons (Fsp3) is 0.590. The summed E-state index contributed by atoms with van der Waals surface area (Å²) in [5.41, 5.74) is 0. The van der Waals surface area contributed by atoms with Crippen LogP contribution in [0.2, 0.25) is 0 Å². The predicted octanol–water partition coefficient (Wildman–Crippen LogP) is 10.4. The highest BCUT2D eigenvalue weighted by Crippen LogP contribution is 2.10. The Bertz CT molecular complexity index is 875. The summed E-state index contributed by atoms with van der Waals surface area (Å²) in [5.74, 6) is -0.671. The number of hydrogen-bond acceptors (Lipinski definition) is 5. The highest BCUT2D eigenvalue weighted by atomic mass is 16.6. The van der Waals surface area contributed by atoms with Crippen molar-refractivity contribution in [1.29, 1.82) is 0 Å². The minimum Gasteiger partial charge on any atom is -0.462 e. The van der Waals surface area contributed by atoms with Crippen LogP contribution >= 0.6 is 0 Å². The summed E-state index contributed by atoms with van der Waals surface area (Å²) in [5, 5.41) is 9.51. The van der Waals surface area contributed by atoms with Crippen molar-refractivity contribution in [3.63, 3.8) is 0 Å². The van der Waals surface area contributed by atoms with Gasteiger partial charge in [0.15, 0.2) is 6.10 Å². The molecule has 44 heavy (non-hydrogen) atoms. The number of rotatable bonds is 29. The molecule has 1 N–H and O–H groups in total. The molecular formula is C39H62O5. The van der Waals surface area contributed by atoms with Crippen LogP contribution in [0.3, 0.4) is 0 Å². The second kappa shape index (κ2) is 34.6. The number of aliphatic hydroxyl groups excluding tert-OH is 1. The molecule has 5 heteroatoms. The third kappa shape index (κ3) is 32.0. The smallest absolute Gasteiger partial charge is 0.306 e. The first-order chi connectivity index (χ1) is 21.6. The van der Waals surface area contributed by atoms with E-state index in [0.29, 0.717) is 12.8 Å². The Morgan fingerprint density at radius 3 is 1.41 bits per heavy atom. The van der Waals surface area contributed by atoms with Gasteiger partial charge in [-0.3, -0.25) is 9.59 Å². The molecule has 0 aromatic carbocycles. The van der Waals surface area contributed by atoms with Gasteiger partial charge in [0.25, 0.3) is 0 Å². The number of aliphatic hydroxyl groups is 1. The van der Waals surface area contributed by atoms with Crippen molar-refractivity contribution < 1.29 is 24.2 Å². The number of unbranched alkanes of at least 4 members (excludes halogenated alkanes) is 7. The highest BCUT2D eigenvalue weighted by Gasteiger charge is 2.15. The molecular weight excluding hydrogens is 548 g/mol. The van der Waals surface area contributed by atoms with E-state index < -0.39 is 6.10 Å². The molecule has 1 atom stereocenters. The number of carbonyl (C=O) groups is 2. The zero-order valence-electron chi connectivity index (χ0n) is 27.9. The van der Waals surface area contributed by atoms with Gasteiger partial charge in [-0.1, -0.05) is 118 Å². The molecule has 0 spiro atoms.